The lowest BCUT2D eigenvalue weighted by Crippen LogP contribution is -2.48. The molecule has 0 aromatic rings. The summed E-state index contributed by atoms with van der Waals surface area (Å²) in [6.45, 7) is 14.1. The third-order valence-corrected chi connectivity index (χ3v) is 7.05. The van der Waals surface area contributed by atoms with Crippen molar-refractivity contribution in [1.29, 1.82) is 0 Å². The molecule has 2 saturated carbocycles. The standard InChI is InChI=1S/C21H33NO4/c1-19(2,3)11-21(7,20(4,5)6)18(25)26-22-16(23)14-12-8-9-13(10-12)15(14)17(22)24/h12-15H,8-11H2,1-7H3. The summed E-state index contributed by atoms with van der Waals surface area (Å²) in [4.78, 5) is 44.3. The van der Waals surface area contributed by atoms with Gasteiger partial charge in [0.25, 0.3) is 11.8 Å². The first-order valence-corrected chi connectivity index (χ1v) is 9.86. The van der Waals surface area contributed by atoms with Gasteiger partial charge < -0.3 is 4.84 Å². The van der Waals surface area contributed by atoms with Gasteiger partial charge in [-0.15, -0.1) is 5.06 Å². The van der Waals surface area contributed by atoms with Crippen LogP contribution in [0.3, 0.4) is 0 Å². The number of imide groups is 1. The lowest BCUT2D eigenvalue weighted by atomic mass is 9.61. The highest BCUT2D eigenvalue weighted by Crippen LogP contribution is 2.56. The zero-order valence-electron chi connectivity index (χ0n) is 17.2. The Bertz CT molecular complexity index is 613. The van der Waals surface area contributed by atoms with Crippen LogP contribution in [0.25, 0.3) is 0 Å². The monoisotopic (exact) mass is 363 g/mol. The molecule has 146 valence electrons. The van der Waals surface area contributed by atoms with E-state index in [4.69, 9.17) is 4.84 Å². The molecule has 2 bridgehead atoms. The zero-order valence-corrected chi connectivity index (χ0v) is 17.2. The molecular formula is C21H33NO4. The van der Waals surface area contributed by atoms with Crippen LogP contribution in [-0.4, -0.2) is 22.8 Å². The summed E-state index contributed by atoms with van der Waals surface area (Å²) >= 11 is 0. The number of amides is 2. The molecule has 5 heteroatoms. The van der Waals surface area contributed by atoms with Gasteiger partial charge in [-0.25, -0.2) is 4.79 Å². The number of fused-ring (bicyclic) bond motifs is 5. The summed E-state index contributed by atoms with van der Waals surface area (Å²) in [5.41, 5.74) is -1.25. The fourth-order valence-corrected chi connectivity index (χ4v) is 5.36. The van der Waals surface area contributed by atoms with Crippen LogP contribution in [0.15, 0.2) is 0 Å². The first kappa shape index (κ1) is 19.4. The maximum atomic E-state index is 13.2. The highest BCUT2D eigenvalue weighted by Gasteiger charge is 2.63. The van der Waals surface area contributed by atoms with E-state index >= 15 is 0 Å². The molecule has 3 fully saturated rings. The first-order chi connectivity index (χ1) is 11.8. The SMILES string of the molecule is CC(C)(C)CC(C)(C(=O)ON1C(=O)C2C3CCC(C3)C2C1=O)C(C)(C)C. The van der Waals surface area contributed by atoms with Gasteiger partial charge in [0.15, 0.2) is 0 Å². The minimum atomic E-state index is -0.803. The van der Waals surface area contributed by atoms with Crippen molar-refractivity contribution in [3.63, 3.8) is 0 Å². The van der Waals surface area contributed by atoms with Gasteiger partial charge in [-0.3, -0.25) is 9.59 Å². The smallest absolute Gasteiger partial charge is 0.330 e. The van der Waals surface area contributed by atoms with Crippen LogP contribution in [0, 0.1) is 39.9 Å². The van der Waals surface area contributed by atoms with Crippen molar-refractivity contribution < 1.29 is 19.2 Å². The average Bonchev–Trinajstić information content (AvgIpc) is 3.13. The minimum absolute atomic E-state index is 0.0876. The maximum Gasteiger partial charge on any atom is 0.339 e. The number of hydroxylamine groups is 2. The van der Waals surface area contributed by atoms with E-state index in [1.807, 2.05) is 27.7 Å². The second-order valence-electron chi connectivity index (χ2n) is 11.1. The molecule has 0 aromatic carbocycles. The van der Waals surface area contributed by atoms with Crippen molar-refractivity contribution in [2.45, 2.75) is 74.1 Å². The molecule has 1 heterocycles. The minimum Gasteiger partial charge on any atom is -0.330 e. The van der Waals surface area contributed by atoms with Gasteiger partial charge in [0.1, 0.15) is 0 Å². The zero-order chi connectivity index (χ0) is 19.7. The Morgan fingerprint density at radius 1 is 0.962 bits per heavy atom. The van der Waals surface area contributed by atoms with Crippen molar-refractivity contribution >= 4 is 17.8 Å². The Kier molecular flexibility index (Phi) is 4.32. The van der Waals surface area contributed by atoms with E-state index in [0.717, 1.165) is 24.3 Å². The lowest BCUT2D eigenvalue weighted by molar-refractivity contribution is -0.212. The highest BCUT2D eigenvalue weighted by molar-refractivity contribution is 6.05. The second-order valence-corrected chi connectivity index (χ2v) is 11.1. The molecule has 26 heavy (non-hydrogen) atoms. The normalized spacial score (nSPS) is 33.4. The van der Waals surface area contributed by atoms with E-state index in [1.54, 1.807) is 0 Å². The second kappa shape index (κ2) is 5.80. The summed E-state index contributed by atoms with van der Waals surface area (Å²) in [6, 6.07) is 0. The lowest BCUT2D eigenvalue weighted by Gasteiger charge is -2.43. The molecule has 1 aliphatic heterocycles. The molecule has 3 rings (SSSR count). The van der Waals surface area contributed by atoms with Gasteiger partial charge in [-0.05, 0) is 55.3 Å². The first-order valence-electron chi connectivity index (χ1n) is 9.86. The van der Waals surface area contributed by atoms with Crippen LogP contribution in [0.4, 0.5) is 0 Å². The van der Waals surface area contributed by atoms with Crippen molar-refractivity contribution in [2.24, 2.45) is 39.9 Å². The molecule has 0 radical (unpaired) electrons. The molecule has 0 aromatic heterocycles. The molecule has 5 unspecified atom stereocenters. The number of carbonyl (C=O) groups is 3. The molecular weight excluding hydrogens is 330 g/mol. The van der Waals surface area contributed by atoms with Crippen LogP contribution in [0.5, 0.6) is 0 Å². The van der Waals surface area contributed by atoms with E-state index in [9.17, 15) is 14.4 Å². The number of nitrogens with zero attached hydrogens (tertiary/aromatic N) is 1. The van der Waals surface area contributed by atoms with Gasteiger partial charge >= 0.3 is 5.97 Å². The Balaban J connectivity index is 1.82. The predicted molar refractivity (Wildman–Crippen MR) is 97.4 cm³/mol. The van der Waals surface area contributed by atoms with Crippen LogP contribution in [0.1, 0.15) is 74.1 Å². The van der Waals surface area contributed by atoms with E-state index in [0.29, 0.717) is 6.42 Å². The third kappa shape index (κ3) is 2.87. The molecule has 5 atom stereocenters. The van der Waals surface area contributed by atoms with E-state index in [1.165, 1.54) is 0 Å². The van der Waals surface area contributed by atoms with Gasteiger partial charge in [0.05, 0.1) is 17.3 Å². The predicted octanol–water partition coefficient (Wildman–Crippen LogP) is 3.96. The summed E-state index contributed by atoms with van der Waals surface area (Å²) < 4.78 is 0. The summed E-state index contributed by atoms with van der Waals surface area (Å²) in [6.07, 6.45) is 3.60. The molecule has 3 aliphatic rings. The molecule has 5 nitrogen and oxygen atoms in total. The number of hydrogen-bond acceptors (Lipinski definition) is 4. The Hall–Kier alpha value is -1.39. The maximum absolute atomic E-state index is 13.2. The number of carbonyl (C=O) groups excluding carboxylic acids is 3. The van der Waals surface area contributed by atoms with E-state index in [-0.39, 0.29) is 46.3 Å². The molecule has 1 saturated heterocycles. The van der Waals surface area contributed by atoms with E-state index < -0.39 is 11.4 Å². The van der Waals surface area contributed by atoms with Crippen molar-refractivity contribution in [3.05, 3.63) is 0 Å². The largest absolute Gasteiger partial charge is 0.339 e. The van der Waals surface area contributed by atoms with E-state index in [2.05, 4.69) is 20.8 Å². The Morgan fingerprint density at radius 2 is 1.42 bits per heavy atom. The highest BCUT2D eigenvalue weighted by atomic mass is 16.7. The topological polar surface area (TPSA) is 63.7 Å². The van der Waals surface area contributed by atoms with Gasteiger partial charge in [-0.1, -0.05) is 41.5 Å². The fraction of sp³-hybridized carbons (Fsp3) is 0.857. The summed E-state index contributed by atoms with van der Waals surface area (Å²) in [5.74, 6) is -1.04. The molecule has 2 amide bonds. The van der Waals surface area contributed by atoms with Crippen LogP contribution in [-0.2, 0) is 19.2 Å². The quantitative estimate of drug-likeness (QED) is 0.712. The molecule has 0 N–H and O–H groups in total. The molecule has 0 spiro atoms. The summed E-state index contributed by atoms with van der Waals surface area (Å²) in [5, 5.41) is 0.814. The number of hydrogen-bond donors (Lipinski definition) is 0. The van der Waals surface area contributed by atoms with Crippen LogP contribution in [0.2, 0.25) is 0 Å². The van der Waals surface area contributed by atoms with Gasteiger partial charge in [-0.2, -0.15) is 0 Å². The fourth-order valence-electron chi connectivity index (χ4n) is 5.36. The van der Waals surface area contributed by atoms with Crippen LogP contribution >= 0.6 is 0 Å². The summed E-state index contributed by atoms with van der Waals surface area (Å²) in [7, 11) is 0. The van der Waals surface area contributed by atoms with Crippen molar-refractivity contribution in [1.82, 2.24) is 5.06 Å². The van der Waals surface area contributed by atoms with Gasteiger partial charge in [0.2, 0.25) is 0 Å². The third-order valence-electron chi connectivity index (χ3n) is 7.05. The van der Waals surface area contributed by atoms with Crippen molar-refractivity contribution in [2.75, 3.05) is 0 Å². The Morgan fingerprint density at radius 3 is 1.81 bits per heavy atom. The molecule has 2 aliphatic carbocycles. The Labute approximate surface area is 156 Å². The number of rotatable bonds is 3. The average molecular weight is 363 g/mol. The van der Waals surface area contributed by atoms with Gasteiger partial charge in [0, 0.05) is 0 Å². The van der Waals surface area contributed by atoms with Crippen LogP contribution < -0.4 is 0 Å². The van der Waals surface area contributed by atoms with Crippen molar-refractivity contribution in [3.8, 4) is 0 Å².